The Kier molecular flexibility index (Phi) is 4.05. The highest BCUT2D eigenvalue weighted by Crippen LogP contribution is 2.43. The number of pyridine rings is 1. The minimum absolute atomic E-state index is 0.0561. The second-order valence-electron chi connectivity index (χ2n) is 9.37. The van der Waals surface area contributed by atoms with Crippen LogP contribution in [0.25, 0.3) is 52.3 Å². The predicted octanol–water partition coefficient (Wildman–Crippen LogP) is 9.09. The summed E-state index contributed by atoms with van der Waals surface area (Å²) in [6, 6.07) is 22.6. The quantitative estimate of drug-likeness (QED) is 0.250. The van der Waals surface area contributed by atoms with Crippen LogP contribution in [0.15, 0.2) is 66.9 Å². The molecule has 0 aliphatic carbocycles. The van der Waals surface area contributed by atoms with Crippen LogP contribution >= 0.6 is 22.7 Å². The molecule has 0 radical (unpaired) electrons. The van der Waals surface area contributed by atoms with Gasteiger partial charge in [-0.3, -0.25) is 4.98 Å². The second-order valence-corrected chi connectivity index (χ2v) is 11.7. The number of benzene rings is 3. The molecule has 0 amide bonds. The zero-order chi connectivity index (χ0) is 21.3. The molecule has 0 fully saturated rings. The Labute approximate surface area is 190 Å². The van der Waals surface area contributed by atoms with Crippen molar-refractivity contribution >= 4 is 63.7 Å². The molecule has 3 heteroatoms. The Bertz CT molecular complexity index is 1630. The summed E-state index contributed by atoms with van der Waals surface area (Å²) in [6.45, 7) is 9.07. The van der Waals surface area contributed by atoms with Gasteiger partial charge in [-0.15, -0.1) is 22.7 Å². The lowest BCUT2D eigenvalue weighted by atomic mass is 9.82. The predicted molar refractivity (Wildman–Crippen MR) is 139 cm³/mol. The molecule has 6 rings (SSSR count). The summed E-state index contributed by atoms with van der Waals surface area (Å²) in [5.41, 5.74) is 3.72. The summed E-state index contributed by atoms with van der Waals surface area (Å²) < 4.78 is 4.02. The van der Waals surface area contributed by atoms with Crippen molar-refractivity contribution in [1.29, 1.82) is 0 Å². The van der Waals surface area contributed by atoms with Gasteiger partial charge < -0.3 is 0 Å². The Morgan fingerprint density at radius 1 is 0.742 bits per heavy atom. The molecule has 0 unspecified atom stereocenters. The van der Waals surface area contributed by atoms with Gasteiger partial charge in [-0.1, -0.05) is 45.0 Å². The van der Waals surface area contributed by atoms with Crippen molar-refractivity contribution in [3.63, 3.8) is 0 Å². The Morgan fingerprint density at radius 2 is 1.58 bits per heavy atom. The fraction of sp³-hybridized carbons (Fsp3) is 0.179. The molecule has 0 atom stereocenters. The molecule has 1 nitrogen and oxygen atoms in total. The monoisotopic (exact) mass is 437 g/mol. The third-order valence-electron chi connectivity index (χ3n) is 6.09. The number of hydrogen-bond donors (Lipinski definition) is 0. The normalized spacial score (nSPS) is 12.5. The van der Waals surface area contributed by atoms with Crippen LogP contribution in [0.2, 0.25) is 0 Å². The van der Waals surface area contributed by atoms with Crippen LogP contribution in [0.4, 0.5) is 0 Å². The summed E-state index contributed by atoms with van der Waals surface area (Å²) in [5, 5.41) is 6.54. The zero-order valence-electron chi connectivity index (χ0n) is 18.1. The first-order valence-electron chi connectivity index (χ1n) is 10.6. The van der Waals surface area contributed by atoms with Crippen LogP contribution in [0.5, 0.6) is 0 Å². The average Bonchev–Trinajstić information content (AvgIpc) is 3.28. The smallest absolute Gasteiger partial charge is 0.0795 e. The molecule has 0 saturated carbocycles. The first-order valence-corrected chi connectivity index (χ1v) is 12.3. The third kappa shape index (κ3) is 2.99. The third-order valence-corrected chi connectivity index (χ3v) is 8.22. The van der Waals surface area contributed by atoms with Crippen molar-refractivity contribution in [2.75, 3.05) is 0 Å². The molecule has 3 aromatic carbocycles. The SMILES string of the molecule is Cc1cc2cc3c(cc2s1)sc1ccnc(-c2cc(C(C)(C)C)c4ccccc4c2)c13. The average molecular weight is 438 g/mol. The Balaban J connectivity index is 1.71. The van der Waals surface area contributed by atoms with Crippen molar-refractivity contribution in [3.8, 4) is 11.3 Å². The highest BCUT2D eigenvalue weighted by atomic mass is 32.1. The number of fused-ring (bicyclic) bond motifs is 5. The van der Waals surface area contributed by atoms with Gasteiger partial charge in [0, 0.05) is 41.5 Å². The molecule has 0 saturated heterocycles. The van der Waals surface area contributed by atoms with Gasteiger partial charge >= 0.3 is 0 Å². The molecule has 31 heavy (non-hydrogen) atoms. The zero-order valence-corrected chi connectivity index (χ0v) is 19.7. The van der Waals surface area contributed by atoms with Gasteiger partial charge in [0.15, 0.2) is 0 Å². The van der Waals surface area contributed by atoms with E-state index in [2.05, 4.69) is 88.4 Å². The second kappa shape index (κ2) is 6.62. The molecular weight excluding hydrogens is 414 g/mol. The number of aromatic nitrogens is 1. The van der Waals surface area contributed by atoms with E-state index in [9.17, 15) is 0 Å². The molecular formula is C28H23NS2. The van der Waals surface area contributed by atoms with Crippen LogP contribution in [0.3, 0.4) is 0 Å². The molecule has 0 spiro atoms. The first-order chi connectivity index (χ1) is 14.9. The topological polar surface area (TPSA) is 12.9 Å². The van der Waals surface area contributed by atoms with E-state index in [0.29, 0.717) is 0 Å². The van der Waals surface area contributed by atoms with Gasteiger partial charge in [-0.05, 0) is 70.5 Å². The summed E-state index contributed by atoms with van der Waals surface area (Å²) in [6.07, 6.45) is 1.96. The lowest BCUT2D eigenvalue weighted by Gasteiger charge is -2.23. The van der Waals surface area contributed by atoms with Crippen LogP contribution in [-0.2, 0) is 5.41 Å². The van der Waals surface area contributed by atoms with Crippen LogP contribution in [-0.4, -0.2) is 4.98 Å². The van der Waals surface area contributed by atoms with E-state index in [0.717, 1.165) is 5.69 Å². The maximum Gasteiger partial charge on any atom is 0.0795 e. The van der Waals surface area contributed by atoms with Crippen LogP contribution < -0.4 is 0 Å². The van der Waals surface area contributed by atoms with E-state index < -0.39 is 0 Å². The summed E-state index contributed by atoms with van der Waals surface area (Å²) in [5.74, 6) is 0. The molecule has 6 aromatic rings. The highest BCUT2D eigenvalue weighted by Gasteiger charge is 2.20. The fourth-order valence-electron chi connectivity index (χ4n) is 4.68. The number of hydrogen-bond acceptors (Lipinski definition) is 3. The maximum absolute atomic E-state index is 4.92. The summed E-state index contributed by atoms with van der Waals surface area (Å²) in [7, 11) is 0. The number of nitrogens with zero attached hydrogens (tertiary/aromatic N) is 1. The van der Waals surface area contributed by atoms with Crippen LogP contribution in [0, 0.1) is 6.92 Å². The molecule has 3 aromatic heterocycles. The van der Waals surface area contributed by atoms with Gasteiger partial charge in [0.05, 0.1) is 5.69 Å². The lowest BCUT2D eigenvalue weighted by Crippen LogP contribution is -2.12. The Hall–Kier alpha value is -2.75. The van der Waals surface area contributed by atoms with E-state index in [-0.39, 0.29) is 5.41 Å². The first kappa shape index (κ1) is 19.0. The molecule has 3 heterocycles. The van der Waals surface area contributed by atoms with E-state index in [1.807, 2.05) is 28.9 Å². The molecule has 0 aliphatic heterocycles. The number of aryl methyl sites for hydroxylation is 1. The highest BCUT2D eigenvalue weighted by molar-refractivity contribution is 7.26. The molecule has 0 N–H and O–H groups in total. The minimum Gasteiger partial charge on any atom is -0.256 e. The number of thiophene rings is 2. The molecule has 152 valence electrons. The van der Waals surface area contributed by atoms with Gasteiger partial charge in [0.1, 0.15) is 0 Å². The van der Waals surface area contributed by atoms with Gasteiger partial charge in [0.2, 0.25) is 0 Å². The van der Waals surface area contributed by atoms with Crippen molar-refractivity contribution in [1.82, 2.24) is 4.98 Å². The lowest BCUT2D eigenvalue weighted by molar-refractivity contribution is 0.596. The van der Waals surface area contributed by atoms with Crippen LogP contribution in [0.1, 0.15) is 31.2 Å². The fourth-order valence-corrected chi connectivity index (χ4v) is 6.82. The van der Waals surface area contributed by atoms with Crippen molar-refractivity contribution in [2.45, 2.75) is 33.1 Å². The Morgan fingerprint density at radius 3 is 2.42 bits per heavy atom. The van der Waals surface area contributed by atoms with E-state index in [4.69, 9.17) is 4.98 Å². The standard InChI is InChI=1S/C28H23NS2/c1-16-11-18-13-21-25(15-24(18)30-16)31-23-9-10-29-27(26(21)23)19-12-17-7-5-6-8-20(17)22(14-19)28(2,3)4/h5-15H,1-4H3. The molecule has 0 bridgehead atoms. The summed E-state index contributed by atoms with van der Waals surface area (Å²) >= 11 is 3.75. The van der Waals surface area contributed by atoms with Crippen molar-refractivity contribution in [2.24, 2.45) is 0 Å². The van der Waals surface area contributed by atoms with E-state index in [1.54, 1.807) is 0 Å². The maximum atomic E-state index is 4.92. The van der Waals surface area contributed by atoms with Gasteiger partial charge in [-0.2, -0.15) is 0 Å². The molecule has 0 aliphatic rings. The minimum atomic E-state index is 0.0561. The van der Waals surface area contributed by atoms with E-state index in [1.165, 1.54) is 57.0 Å². The van der Waals surface area contributed by atoms with Crippen molar-refractivity contribution in [3.05, 3.63) is 77.3 Å². The van der Waals surface area contributed by atoms with E-state index >= 15 is 0 Å². The largest absolute Gasteiger partial charge is 0.256 e. The van der Waals surface area contributed by atoms with Crippen molar-refractivity contribution < 1.29 is 0 Å². The number of rotatable bonds is 1. The summed E-state index contributed by atoms with van der Waals surface area (Å²) in [4.78, 5) is 6.28. The van der Waals surface area contributed by atoms with Gasteiger partial charge in [-0.25, -0.2) is 0 Å². The van der Waals surface area contributed by atoms with Gasteiger partial charge in [0.25, 0.3) is 0 Å².